The third-order valence-corrected chi connectivity index (χ3v) is 4.61. The molecule has 0 unspecified atom stereocenters. The van der Waals surface area contributed by atoms with Crippen molar-refractivity contribution in [3.05, 3.63) is 11.5 Å². The maximum Gasteiger partial charge on any atom is 0.290 e. The minimum Gasteiger partial charge on any atom is -0.282 e. The van der Waals surface area contributed by atoms with Gasteiger partial charge in [0.15, 0.2) is 0 Å². The third-order valence-electron chi connectivity index (χ3n) is 3.67. The molecule has 1 N–H and O–H groups in total. The van der Waals surface area contributed by atoms with E-state index in [0.717, 1.165) is 19.3 Å². The van der Waals surface area contributed by atoms with Crippen molar-refractivity contribution in [1.82, 2.24) is 0 Å². The first-order valence-corrected chi connectivity index (χ1v) is 9.57. The smallest absolute Gasteiger partial charge is 0.282 e. The molecular formula is C16H32O3S. The lowest BCUT2D eigenvalue weighted by atomic mass is 10.0. The van der Waals surface area contributed by atoms with Gasteiger partial charge in [-0.3, -0.25) is 4.55 Å². The number of allylic oxidation sites excluding steroid dienone is 1. The number of hydrogen-bond donors (Lipinski definition) is 1. The second-order valence-corrected chi connectivity index (χ2v) is 7.18. The van der Waals surface area contributed by atoms with Gasteiger partial charge in [-0.25, -0.2) is 0 Å². The fourth-order valence-electron chi connectivity index (χ4n) is 2.29. The fraction of sp³-hybridized carbons (Fsp3) is 0.875. The molecule has 0 bridgehead atoms. The summed E-state index contributed by atoms with van der Waals surface area (Å²) in [6, 6.07) is 0. The second-order valence-electron chi connectivity index (χ2n) is 5.65. The Balaban J connectivity index is 3.20. The lowest BCUT2D eigenvalue weighted by Gasteiger charge is -2.03. The molecule has 0 saturated heterocycles. The molecule has 3 nitrogen and oxygen atoms in total. The molecule has 0 rings (SSSR count). The lowest BCUT2D eigenvalue weighted by molar-refractivity contribution is 0.487. The van der Waals surface area contributed by atoms with Crippen molar-refractivity contribution in [1.29, 1.82) is 0 Å². The Bertz CT molecular complexity index is 334. The maximum atomic E-state index is 10.7. The number of unbranched alkanes of at least 4 members (excludes halogenated alkanes) is 11. The van der Waals surface area contributed by atoms with Crippen molar-refractivity contribution in [2.45, 2.75) is 90.4 Å². The van der Waals surface area contributed by atoms with Gasteiger partial charge in [0.05, 0.1) is 4.91 Å². The van der Waals surface area contributed by atoms with Crippen LogP contribution in [0.2, 0.25) is 0 Å². The van der Waals surface area contributed by atoms with Crippen LogP contribution in [-0.4, -0.2) is 13.0 Å². The van der Waals surface area contributed by atoms with E-state index in [4.69, 9.17) is 4.55 Å². The molecule has 0 saturated carbocycles. The maximum absolute atomic E-state index is 10.7. The van der Waals surface area contributed by atoms with Gasteiger partial charge in [-0.05, 0) is 12.8 Å². The zero-order chi connectivity index (χ0) is 15.3. The highest BCUT2D eigenvalue weighted by Gasteiger charge is 2.09. The van der Waals surface area contributed by atoms with Crippen molar-refractivity contribution in [3.8, 4) is 0 Å². The number of rotatable bonds is 14. The molecule has 0 heterocycles. The molecular weight excluding hydrogens is 272 g/mol. The monoisotopic (exact) mass is 304 g/mol. The molecule has 0 aromatic carbocycles. The molecule has 0 radical (unpaired) electrons. The van der Waals surface area contributed by atoms with Crippen LogP contribution in [0.4, 0.5) is 0 Å². The van der Waals surface area contributed by atoms with Gasteiger partial charge in [0.1, 0.15) is 0 Å². The van der Waals surface area contributed by atoms with E-state index in [1.165, 1.54) is 57.8 Å². The van der Waals surface area contributed by atoms with Crippen LogP contribution < -0.4 is 0 Å². The molecule has 0 aliphatic carbocycles. The first kappa shape index (κ1) is 19.7. The Labute approximate surface area is 125 Å². The van der Waals surface area contributed by atoms with Crippen LogP contribution in [0.25, 0.3) is 0 Å². The summed E-state index contributed by atoms with van der Waals surface area (Å²) in [5.74, 6) is 0. The third kappa shape index (κ3) is 12.7. The van der Waals surface area contributed by atoms with E-state index in [-0.39, 0.29) is 4.91 Å². The highest BCUT2D eigenvalue weighted by atomic mass is 32.2. The Morgan fingerprint density at radius 1 is 0.800 bits per heavy atom. The standard InChI is InChI=1S/C16H32O3S/c1-3-4-5-6-7-8-9-10-11-12-13-14-15-16(2)20(17,18)19/h2-15H2,1H3,(H,17,18,19). The molecule has 0 aromatic heterocycles. The van der Waals surface area contributed by atoms with Crippen LogP contribution in [0, 0.1) is 0 Å². The topological polar surface area (TPSA) is 54.4 Å². The van der Waals surface area contributed by atoms with Gasteiger partial charge in [-0.1, -0.05) is 84.1 Å². The van der Waals surface area contributed by atoms with Crippen molar-refractivity contribution < 1.29 is 13.0 Å². The van der Waals surface area contributed by atoms with E-state index in [9.17, 15) is 8.42 Å². The van der Waals surface area contributed by atoms with Crippen LogP contribution in [0.15, 0.2) is 11.5 Å². The summed E-state index contributed by atoms with van der Waals surface area (Å²) in [6.45, 7) is 5.62. The minimum atomic E-state index is -4.01. The number of hydrogen-bond acceptors (Lipinski definition) is 2. The molecule has 0 aliphatic rings. The predicted octanol–water partition coefficient (Wildman–Crippen LogP) is 5.48. The van der Waals surface area contributed by atoms with Gasteiger partial charge in [0.25, 0.3) is 10.1 Å². The van der Waals surface area contributed by atoms with Gasteiger partial charge in [0, 0.05) is 0 Å². The summed E-state index contributed by atoms with van der Waals surface area (Å²) in [7, 11) is -4.01. The van der Waals surface area contributed by atoms with Crippen molar-refractivity contribution >= 4 is 10.1 Å². The highest BCUT2D eigenvalue weighted by Crippen LogP contribution is 2.15. The molecule has 0 spiro atoms. The Morgan fingerprint density at radius 3 is 1.50 bits per heavy atom. The summed E-state index contributed by atoms with van der Waals surface area (Å²) in [6.07, 6.45) is 15.4. The Morgan fingerprint density at radius 2 is 1.15 bits per heavy atom. The van der Waals surface area contributed by atoms with E-state index >= 15 is 0 Å². The van der Waals surface area contributed by atoms with Crippen molar-refractivity contribution in [3.63, 3.8) is 0 Å². The average Bonchev–Trinajstić information content (AvgIpc) is 2.38. The summed E-state index contributed by atoms with van der Waals surface area (Å²) >= 11 is 0. The molecule has 0 atom stereocenters. The zero-order valence-corrected chi connectivity index (χ0v) is 13.9. The summed E-state index contributed by atoms with van der Waals surface area (Å²) in [4.78, 5) is -0.0513. The van der Waals surface area contributed by atoms with Crippen LogP contribution >= 0.6 is 0 Å². The average molecular weight is 304 g/mol. The summed E-state index contributed by atoms with van der Waals surface area (Å²) < 4.78 is 30.2. The Kier molecular flexibility index (Phi) is 12.2. The first-order valence-electron chi connectivity index (χ1n) is 8.13. The van der Waals surface area contributed by atoms with Crippen LogP contribution in [0.5, 0.6) is 0 Å². The largest absolute Gasteiger partial charge is 0.290 e. The van der Waals surface area contributed by atoms with Gasteiger partial charge in [-0.15, -0.1) is 0 Å². The molecule has 0 fully saturated rings. The van der Waals surface area contributed by atoms with E-state index in [1.54, 1.807) is 0 Å². The highest BCUT2D eigenvalue weighted by molar-refractivity contribution is 7.89. The van der Waals surface area contributed by atoms with Gasteiger partial charge in [0.2, 0.25) is 0 Å². The molecule has 0 amide bonds. The predicted molar refractivity (Wildman–Crippen MR) is 86.4 cm³/mol. The lowest BCUT2D eigenvalue weighted by Crippen LogP contribution is -2.00. The second kappa shape index (κ2) is 12.4. The summed E-state index contributed by atoms with van der Waals surface area (Å²) in [5, 5.41) is 0. The minimum absolute atomic E-state index is 0.0513. The van der Waals surface area contributed by atoms with Crippen LogP contribution in [0.1, 0.15) is 90.4 Å². The molecule has 0 aromatic rings. The SMILES string of the molecule is C=C(CCCCCCCCCCCCCC)S(=O)(=O)O. The fourth-order valence-corrected chi connectivity index (χ4v) is 2.69. The molecule has 120 valence electrons. The van der Waals surface area contributed by atoms with Gasteiger partial charge >= 0.3 is 0 Å². The summed E-state index contributed by atoms with van der Waals surface area (Å²) in [5.41, 5.74) is 0. The normalized spacial score (nSPS) is 11.7. The van der Waals surface area contributed by atoms with E-state index < -0.39 is 10.1 Å². The first-order chi connectivity index (χ1) is 9.48. The van der Waals surface area contributed by atoms with Crippen molar-refractivity contribution in [2.24, 2.45) is 0 Å². The van der Waals surface area contributed by atoms with Crippen LogP contribution in [0.3, 0.4) is 0 Å². The van der Waals surface area contributed by atoms with Crippen LogP contribution in [-0.2, 0) is 10.1 Å². The zero-order valence-electron chi connectivity index (χ0n) is 13.1. The quantitative estimate of drug-likeness (QED) is 0.341. The van der Waals surface area contributed by atoms with E-state index in [1.807, 2.05) is 0 Å². The van der Waals surface area contributed by atoms with E-state index in [2.05, 4.69) is 13.5 Å². The van der Waals surface area contributed by atoms with Crippen molar-refractivity contribution in [2.75, 3.05) is 0 Å². The molecule has 4 heteroatoms. The van der Waals surface area contributed by atoms with E-state index in [0.29, 0.717) is 6.42 Å². The molecule has 0 aliphatic heterocycles. The van der Waals surface area contributed by atoms with Gasteiger partial charge < -0.3 is 0 Å². The van der Waals surface area contributed by atoms with Gasteiger partial charge in [-0.2, -0.15) is 8.42 Å². The Hall–Kier alpha value is -0.350. The molecule has 20 heavy (non-hydrogen) atoms.